The van der Waals surface area contributed by atoms with Gasteiger partial charge in [-0.3, -0.25) is 0 Å². The van der Waals surface area contributed by atoms with Crippen molar-refractivity contribution >= 4 is 22.5 Å². The number of aromatic nitrogens is 1. The van der Waals surface area contributed by atoms with Crippen molar-refractivity contribution in [1.82, 2.24) is 4.57 Å². The zero-order valence-corrected chi connectivity index (χ0v) is 12.2. The quantitative estimate of drug-likeness (QED) is 0.714. The van der Waals surface area contributed by atoms with Crippen molar-refractivity contribution in [2.75, 3.05) is 13.2 Å². The molecule has 4 heteroatoms. The van der Waals surface area contributed by atoms with Gasteiger partial charge >= 0.3 is 0 Å². The van der Waals surface area contributed by atoms with E-state index in [1.807, 2.05) is 32.0 Å². The molecule has 3 nitrogen and oxygen atoms in total. The molecule has 2 aromatic rings. The number of halogens is 1. The molecule has 0 spiro atoms. The largest absolute Gasteiger partial charge is 0.353 e. The Labute approximate surface area is 119 Å². The molecule has 0 saturated heterocycles. The summed E-state index contributed by atoms with van der Waals surface area (Å²) in [7, 11) is 0. The van der Waals surface area contributed by atoms with Crippen molar-refractivity contribution < 1.29 is 9.47 Å². The lowest BCUT2D eigenvalue weighted by Gasteiger charge is -2.17. The summed E-state index contributed by atoms with van der Waals surface area (Å²) in [6.07, 6.45) is 2.76. The van der Waals surface area contributed by atoms with E-state index in [1.165, 1.54) is 0 Å². The third kappa shape index (κ3) is 3.50. The number of hydrogen-bond donors (Lipinski definition) is 0. The molecule has 19 heavy (non-hydrogen) atoms. The fraction of sp³-hybridized carbons (Fsp3) is 0.467. The molecule has 1 aromatic carbocycles. The number of aryl methyl sites for hydroxylation is 1. The minimum atomic E-state index is -0.133. The molecular formula is C15H20ClNO2. The molecule has 0 amide bonds. The molecule has 0 aliphatic rings. The van der Waals surface area contributed by atoms with E-state index in [2.05, 4.69) is 16.8 Å². The number of ether oxygens (including phenoxy) is 2. The van der Waals surface area contributed by atoms with Gasteiger partial charge in [-0.05, 0) is 32.0 Å². The average Bonchev–Trinajstić information content (AvgIpc) is 2.81. The van der Waals surface area contributed by atoms with Gasteiger partial charge in [0.1, 0.15) is 0 Å². The van der Waals surface area contributed by atoms with Gasteiger partial charge in [0.25, 0.3) is 0 Å². The molecule has 0 bridgehead atoms. The third-order valence-corrected chi connectivity index (χ3v) is 3.40. The monoisotopic (exact) mass is 281 g/mol. The minimum Gasteiger partial charge on any atom is -0.353 e. The summed E-state index contributed by atoms with van der Waals surface area (Å²) in [5.74, 6) is 0. The van der Waals surface area contributed by atoms with Gasteiger partial charge in [0, 0.05) is 48.3 Å². The van der Waals surface area contributed by atoms with Crippen LogP contribution in [0.1, 0.15) is 20.3 Å². The molecule has 0 fully saturated rings. The Morgan fingerprint density at radius 2 is 1.89 bits per heavy atom. The van der Waals surface area contributed by atoms with Crippen LogP contribution in [0.5, 0.6) is 0 Å². The Balaban J connectivity index is 2.06. The summed E-state index contributed by atoms with van der Waals surface area (Å²) in [5.41, 5.74) is 1.15. The molecule has 0 atom stereocenters. The van der Waals surface area contributed by atoms with E-state index in [0.717, 1.165) is 28.9 Å². The molecule has 1 aromatic heterocycles. The lowest BCUT2D eigenvalue weighted by Crippen LogP contribution is -2.19. The second-order valence-corrected chi connectivity index (χ2v) is 4.72. The molecule has 0 aliphatic heterocycles. The highest BCUT2D eigenvalue weighted by Crippen LogP contribution is 2.24. The number of nitrogens with zero attached hydrogens (tertiary/aromatic N) is 1. The molecule has 0 radical (unpaired) electrons. The van der Waals surface area contributed by atoms with Gasteiger partial charge in [-0.2, -0.15) is 0 Å². The molecule has 0 unspecified atom stereocenters. The summed E-state index contributed by atoms with van der Waals surface area (Å²) >= 11 is 6.17. The molecule has 0 N–H and O–H groups in total. The summed E-state index contributed by atoms with van der Waals surface area (Å²) in [4.78, 5) is 0. The number of hydrogen-bond acceptors (Lipinski definition) is 2. The molecule has 0 saturated carbocycles. The highest BCUT2D eigenvalue weighted by Gasteiger charge is 2.09. The van der Waals surface area contributed by atoms with E-state index in [9.17, 15) is 0 Å². The molecule has 1 heterocycles. The van der Waals surface area contributed by atoms with Crippen LogP contribution < -0.4 is 0 Å². The summed E-state index contributed by atoms with van der Waals surface area (Å²) in [6, 6.07) is 8.02. The van der Waals surface area contributed by atoms with Crippen LogP contribution in [-0.2, 0) is 16.0 Å². The fourth-order valence-electron chi connectivity index (χ4n) is 2.21. The SMILES string of the molecule is CCOC(CCn1ccc2c(Cl)cccc21)OCC. The first-order valence-electron chi connectivity index (χ1n) is 6.72. The smallest absolute Gasteiger partial charge is 0.159 e. The Bertz CT molecular complexity index is 518. The predicted octanol–water partition coefficient (Wildman–Crippen LogP) is 4.08. The summed E-state index contributed by atoms with van der Waals surface area (Å²) in [5, 5.41) is 1.89. The van der Waals surface area contributed by atoms with Crippen molar-refractivity contribution in [3.05, 3.63) is 35.5 Å². The van der Waals surface area contributed by atoms with E-state index in [1.54, 1.807) is 0 Å². The molecule has 104 valence electrons. The molecule has 2 rings (SSSR count). The average molecular weight is 282 g/mol. The summed E-state index contributed by atoms with van der Waals surface area (Å²) < 4.78 is 13.3. The van der Waals surface area contributed by atoms with Gasteiger partial charge in [0.05, 0.1) is 0 Å². The van der Waals surface area contributed by atoms with Crippen LogP contribution in [0.15, 0.2) is 30.5 Å². The lowest BCUT2D eigenvalue weighted by molar-refractivity contribution is -0.140. The Morgan fingerprint density at radius 1 is 1.16 bits per heavy atom. The Morgan fingerprint density at radius 3 is 2.58 bits per heavy atom. The Kier molecular flexibility index (Phi) is 5.25. The fourth-order valence-corrected chi connectivity index (χ4v) is 2.44. The minimum absolute atomic E-state index is 0.133. The van der Waals surface area contributed by atoms with Crippen molar-refractivity contribution in [3.8, 4) is 0 Å². The number of benzene rings is 1. The van der Waals surface area contributed by atoms with E-state index < -0.39 is 0 Å². The third-order valence-electron chi connectivity index (χ3n) is 3.07. The van der Waals surface area contributed by atoms with Gasteiger partial charge in [0.2, 0.25) is 0 Å². The maximum Gasteiger partial charge on any atom is 0.159 e. The first-order valence-corrected chi connectivity index (χ1v) is 7.10. The zero-order valence-electron chi connectivity index (χ0n) is 11.4. The van der Waals surface area contributed by atoms with Crippen LogP contribution in [0, 0.1) is 0 Å². The standard InChI is InChI=1S/C15H20ClNO2/c1-3-18-15(19-4-2)9-11-17-10-8-12-13(16)6-5-7-14(12)17/h5-8,10,15H,3-4,9,11H2,1-2H3. The van der Waals surface area contributed by atoms with E-state index in [4.69, 9.17) is 21.1 Å². The van der Waals surface area contributed by atoms with Gasteiger partial charge in [-0.15, -0.1) is 0 Å². The van der Waals surface area contributed by atoms with Crippen LogP contribution >= 0.6 is 11.6 Å². The predicted molar refractivity (Wildman–Crippen MR) is 78.6 cm³/mol. The van der Waals surface area contributed by atoms with Crippen LogP contribution in [0.4, 0.5) is 0 Å². The maximum atomic E-state index is 6.17. The number of rotatable bonds is 7. The van der Waals surface area contributed by atoms with Crippen molar-refractivity contribution in [2.45, 2.75) is 33.1 Å². The van der Waals surface area contributed by atoms with Gasteiger partial charge in [-0.1, -0.05) is 17.7 Å². The van der Waals surface area contributed by atoms with Gasteiger partial charge < -0.3 is 14.0 Å². The summed E-state index contributed by atoms with van der Waals surface area (Å²) in [6.45, 7) is 6.16. The van der Waals surface area contributed by atoms with Crippen molar-refractivity contribution in [2.24, 2.45) is 0 Å². The lowest BCUT2D eigenvalue weighted by atomic mass is 10.2. The topological polar surface area (TPSA) is 23.4 Å². The van der Waals surface area contributed by atoms with Gasteiger partial charge in [0.15, 0.2) is 6.29 Å². The first kappa shape index (κ1) is 14.4. The second-order valence-electron chi connectivity index (χ2n) is 4.31. The van der Waals surface area contributed by atoms with Crippen LogP contribution in [0.3, 0.4) is 0 Å². The molecule has 0 aliphatic carbocycles. The number of fused-ring (bicyclic) bond motifs is 1. The highest BCUT2D eigenvalue weighted by atomic mass is 35.5. The Hall–Kier alpha value is -1.03. The maximum absolute atomic E-state index is 6.17. The van der Waals surface area contributed by atoms with Gasteiger partial charge in [-0.25, -0.2) is 0 Å². The molecular weight excluding hydrogens is 262 g/mol. The normalized spacial score (nSPS) is 11.6. The van der Waals surface area contributed by atoms with Crippen LogP contribution in [0.25, 0.3) is 10.9 Å². The zero-order chi connectivity index (χ0) is 13.7. The van der Waals surface area contributed by atoms with E-state index >= 15 is 0 Å². The first-order chi connectivity index (χ1) is 9.26. The highest BCUT2D eigenvalue weighted by molar-refractivity contribution is 6.35. The van der Waals surface area contributed by atoms with Crippen molar-refractivity contribution in [1.29, 1.82) is 0 Å². The van der Waals surface area contributed by atoms with E-state index in [0.29, 0.717) is 13.2 Å². The van der Waals surface area contributed by atoms with E-state index in [-0.39, 0.29) is 6.29 Å². The van der Waals surface area contributed by atoms with Crippen LogP contribution in [0.2, 0.25) is 5.02 Å². The second kappa shape index (κ2) is 6.94. The van der Waals surface area contributed by atoms with Crippen molar-refractivity contribution in [3.63, 3.8) is 0 Å². The van der Waals surface area contributed by atoms with Crippen LogP contribution in [-0.4, -0.2) is 24.1 Å².